The Balaban J connectivity index is 2.00. The van der Waals surface area contributed by atoms with Crippen LogP contribution in [0.2, 0.25) is 0 Å². The summed E-state index contributed by atoms with van der Waals surface area (Å²) in [6.45, 7) is 6.34. The normalized spacial score (nSPS) is 11.6. The molecule has 0 aliphatic carbocycles. The number of nitrogens with one attached hydrogen (secondary N) is 2. The molecule has 0 heterocycles. The second-order valence-corrected chi connectivity index (χ2v) is 5.80. The van der Waals surface area contributed by atoms with Crippen molar-refractivity contribution in [3.8, 4) is 5.75 Å². The number of benzene rings is 2. The van der Waals surface area contributed by atoms with Gasteiger partial charge in [0.1, 0.15) is 5.75 Å². The highest BCUT2D eigenvalue weighted by Gasteiger charge is 2.08. The molecule has 2 N–H and O–H groups in total. The van der Waals surface area contributed by atoms with Crippen LogP contribution in [0.1, 0.15) is 29.7 Å². The maximum Gasteiger partial charge on any atom is 0.171 e. The van der Waals surface area contributed by atoms with Gasteiger partial charge in [-0.1, -0.05) is 24.3 Å². The van der Waals surface area contributed by atoms with Gasteiger partial charge in [-0.15, -0.1) is 0 Å². The smallest absolute Gasteiger partial charge is 0.171 e. The highest BCUT2D eigenvalue weighted by molar-refractivity contribution is 7.80. The van der Waals surface area contributed by atoms with Crippen molar-refractivity contribution in [2.45, 2.75) is 26.8 Å². The molecule has 2 aromatic carbocycles. The van der Waals surface area contributed by atoms with E-state index in [1.807, 2.05) is 24.3 Å². The van der Waals surface area contributed by atoms with E-state index in [1.54, 1.807) is 7.11 Å². The number of aryl methyl sites for hydroxylation is 2. The van der Waals surface area contributed by atoms with Gasteiger partial charge < -0.3 is 15.4 Å². The topological polar surface area (TPSA) is 33.3 Å². The molecule has 0 bridgehead atoms. The molecule has 0 aliphatic rings. The number of ether oxygens (including phenoxy) is 1. The molecule has 0 fully saturated rings. The molecule has 0 spiro atoms. The van der Waals surface area contributed by atoms with Crippen LogP contribution < -0.4 is 15.4 Å². The van der Waals surface area contributed by atoms with Gasteiger partial charge in [0.15, 0.2) is 5.11 Å². The van der Waals surface area contributed by atoms with Crippen LogP contribution in [-0.4, -0.2) is 12.2 Å². The predicted octanol–water partition coefficient (Wildman–Crippen LogP) is 4.36. The summed E-state index contributed by atoms with van der Waals surface area (Å²) in [5.41, 5.74) is 4.72. The van der Waals surface area contributed by atoms with E-state index in [2.05, 4.69) is 49.6 Å². The fourth-order valence-corrected chi connectivity index (χ4v) is 2.48. The van der Waals surface area contributed by atoms with E-state index in [9.17, 15) is 0 Å². The van der Waals surface area contributed by atoms with E-state index in [0.717, 1.165) is 11.4 Å². The van der Waals surface area contributed by atoms with Gasteiger partial charge in [-0.3, -0.25) is 0 Å². The van der Waals surface area contributed by atoms with Crippen LogP contribution in [0.15, 0.2) is 42.5 Å². The summed E-state index contributed by atoms with van der Waals surface area (Å²) in [6.07, 6.45) is 0. The Bertz CT molecular complexity index is 670. The largest absolute Gasteiger partial charge is 0.497 e. The Morgan fingerprint density at radius 3 is 2.55 bits per heavy atom. The maximum atomic E-state index is 5.39. The lowest BCUT2D eigenvalue weighted by Gasteiger charge is -2.18. The average Bonchev–Trinajstić information content (AvgIpc) is 2.50. The lowest BCUT2D eigenvalue weighted by Crippen LogP contribution is -2.30. The predicted molar refractivity (Wildman–Crippen MR) is 96.7 cm³/mol. The van der Waals surface area contributed by atoms with Gasteiger partial charge in [-0.25, -0.2) is 0 Å². The van der Waals surface area contributed by atoms with E-state index in [4.69, 9.17) is 17.0 Å². The average molecular weight is 314 g/mol. The summed E-state index contributed by atoms with van der Waals surface area (Å²) in [7, 11) is 1.65. The summed E-state index contributed by atoms with van der Waals surface area (Å²) in [6, 6.07) is 14.3. The first-order valence-electron chi connectivity index (χ1n) is 7.28. The lowest BCUT2D eigenvalue weighted by atomic mass is 10.0. The molecule has 2 rings (SSSR count). The summed E-state index contributed by atoms with van der Waals surface area (Å²) < 4.78 is 5.21. The summed E-state index contributed by atoms with van der Waals surface area (Å²) >= 11 is 5.39. The van der Waals surface area contributed by atoms with Gasteiger partial charge in [0.2, 0.25) is 0 Å². The number of rotatable bonds is 4. The van der Waals surface area contributed by atoms with Crippen molar-refractivity contribution < 1.29 is 4.74 Å². The SMILES string of the molecule is COc1cccc(NC(=S)N[C@H](C)c2ccc(C)c(C)c2)c1. The van der Waals surface area contributed by atoms with Crippen molar-refractivity contribution in [1.29, 1.82) is 0 Å². The Morgan fingerprint density at radius 1 is 1.09 bits per heavy atom. The van der Waals surface area contributed by atoms with Gasteiger partial charge >= 0.3 is 0 Å². The van der Waals surface area contributed by atoms with Crippen LogP contribution in [-0.2, 0) is 0 Å². The number of anilines is 1. The first-order chi connectivity index (χ1) is 10.5. The second kappa shape index (κ2) is 7.27. The highest BCUT2D eigenvalue weighted by Crippen LogP contribution is 2.19. The molecule has 0 amide bonds. The first-order valence-corrected chi connectivity index (χ1v) is 7.69. The molecule has 0 aromatic heterocycles. The van der Waals surface area contributed by atoms with Crippen molar-refractivity contribution >= 4 is 23.0 Å². The van der Waals surface area contributed by atoms with Crippen LogP contribution in [0.25, 0.3) is 0 Å². The molecule has 22 heavy (non-hydrogen) atoms. The standard InChI is InChI=1S/C18H22N2OS/c1-12-8-9-15(10-13(12)2)14(3)19-18(22)20-16-6-5-7-17(11-16)21-4/h5-11,14H,1-4H3,(H2,19,20,22)/t14-/m1/s1. The van der Waals surface area contributed by atoms with Gasteiger partial charge in [-0.05, 0) is 61.8 Å². The molecule has 4 heteroatoms. The van der Waals surface area contributed by atoms with Crippen LogP contribution in [0.3, 0.4) is 0 Å². The molecule has 0 aliphatic heterocycles. The van der Waals surface area contributed by atoms with E-state index >= 15 is 0 Å². The summed E-state index contributed by atoms with van der Waals surface area (Å²) in [5.74, 6) is 0.801. The highest BCUT2D eigenvalue weighted by atomic mass is 32.1. The Kier molecular flexibility index (Phi) is 5.39. The number of methoxy groups -OCH3 is 1. The molecule has 0 saturated heterocycles. The minimum absolute atomic E-state index is 0.143. The van der Waals surface area contributed by atoms with Crippen LogP contribution in [0, 0.1) is 13.8 Å². The monoisotopic (exact) mass is 314 g/mol. The zero-order valence-corrected chi connectivity index (χ0v) is 14.3. The molecule has 3 nitrogen and oxygen atoms in total. The van der Waals surface area contributed by atoms with E-state index in [-0.39, 0.29) is 6.04 Å². The Morgan fingerprint density at radius 2 is 1.86 bits per heavy atom. The van der Waals surface area contributed by atoms with Crippen LogP contribution in [0.4, 0.5) is 5.69 Å². The third-order valence-corrected chi connectivity index (χ3v) is 3.93. The summed E-state index contributed by atoms with van der Waals surface area (Å²) in [4.78, 5) is 0. The third kappa shape index (κ3) is 4.21. The zero-order chi connectivity index (χ0) is 16.1. The molecule has 2 aromatic rings. The van der Waals surface area contributed by atoms with Crippen molar-refractivity contribution in [3.05, 3.63) is 59.2 Å². The minimum atomic E-state index is 0.143. The molecule has 0 unspecified atom stereocenters. The molecular weight excluding hydrogens is 292 g/mol. The van der Waals surface area contributed by atoms with Crippen molar-refractivity contribution in [2.24, 2.45) is 0 Å². The fourth-order valence-electron chi connectivity index (χ4n) is 2.18. The van der Waals surface area contributed by atoms with Gasteiger partial charge in [0.25, 0.3) is 0 Å². The lowest BCUT2D eigenvalue weighted by molar-refractivity contribution is 0.415. The zero-order valence-electron chi connectivity index (χ0n) is 13.4. The van der Waals surface area contributed by atoms with Gasteiger partial charge in [0, 0.05) is 11.8 Å². The second-order valence-electron chi connectivity index (χ2n) is 5.40. The molecule has 0 saturated carbocycles. The molecule has 0 radical (unpaired) electrons. The van der Waals surface area contributed by atoms with Crippen molar-refractivity contribution in [2.75, 3.05) is 12.4 Å². The van der Waals surface area contributed by atoms with E-state index in [1.165, 1.54) is 16.7 Å². The Labute approximate surface area is 137 Å². The van der Waals surface area contributed by atoms with Crippen molar-refractivity contribution in [3.63, 3.8) is 0 Å². The molecule has 1 atom stereocenters. The number of hydrogen-bond donors (Lipinski definition) is 2. The van der Waals surface area contributed by atoms with Crippen LogP contribution >= 0.6 is 12.2 Å². The fraction of sp³-hybridized carbons (Fsp3) is 0.278. The number of hydrogen-bond acceptors (Lipinski definition) is 2. The first kappa shape index (κ1) is 16.3. The Hall–Kier alpha value is -2.07. The van der Waals surface area contributed by atoms with E-state index < -0.39 is 0 Å². The van der Waals surface area contributed by atoms with Gasteiger partial charge in [0.05, 0.1) is 13.2 Å². The quantitative estimate of drug-likeness (QED) is 0.822. The summed E-state index contributed by atoms with van der Waals surface area (Å²) in [5, 5.41) is 7.09. The molecule has 116 valence electrons. The minimum Gasteiger partial charge on any atom is -0.497 e. The van der Waals surface area contributed by atoms with E-state index in [0.29, 0.717) is 5.11 Å². The number of thiocarbonyl (C=S) groups is 1. The maximum absolute atomic E-state index is 5.39. The molecular formula is C18H22N2OS. The van der Waals surface area contributed by atoms with Crippen molar-refractivity contribution in [1.82, 2.24) is 5.32 Å². The van der Waals surface area contributed by atoms with Gasteiger partial charge in [-0.2, -0.15) is 0 Å². The third-order valence-electron chi connectivity index (χ3n) is 3.71. The van der Waals surface area contributed by atoms with Crippen LogP contribution in [0.5, 0.6) is 5.75 Å².